The molecule has 0 spiro atoms. The van der Waals surface area contributed by atoms with Gasteiger partial charge in [-0.05, 0) is 66.3 Å². The Morgan fingerprint density at radius 2 is 1.72 bits per heavy atom. The summed E-state index contributed by atoms with van der Waals surface area (Å²) in [6, 6.07) is 17.5. The summed E-state index contributed by atoms with van der Waals surface area (Å²) >= 11 is 0. The first-order chi connectivity index (χ1) is 15.3. The summed E-state index contributed by atoms with van der Waals surface area (Å²) in [6.45, 7) is 0.217. The Bertz CT molecular complexity index is 1170. The predicted octanol–water partition coefficient (Wildman–Crippen LogP) is 6.47. The fraction of sp³-hybridized carbons (Fsp3) is 0.200. The Morgan fingerprint density at radius 1 is 0.969 bits per heavy atom. The third kappa shape index (κ3) is 4.66. The van der Waals surface area contributed by atoms with Gasteiger partial charge in [0, 0.05) is 5.56 Å². The molecule has 1 N–H and O–H groups in total. The van der Waals surface area contributed by atoms with Crippen LogP contribution in [-0.4, -0.2) is 16.1 Å². The Hall–Kier alpha value is -3.61. The van der Waals surface area contributed by atoms with E-state index in [9.17, 15) is 23.1 Å². The number of rotatable bonds is 6. The summed E-state index contributed by atoms with van der Waals surface area (Å²) in [5, 5.41) is 9.26. The average molecular weight is 439 g/mol. The van der Waals surface area contributed by atoms with Crippen LogP contribution in [0.4, 0.5) is 13.2 Å². The minimum absolute atomic E-state index is 0.106. The first-order valence-electron chi connectivity index (χ1n) is 10.1. The molecule has 0 bridgehead atoms. The van der Waals surface area contributed by atoms with Crippen molar-refractivity contribution >= 4 is 17.1 Å². The molecule has 164 valence electrons. The van der Waals surface area contributed by atoms with Crippen molar-refractivity contribution in [3.05, 3.63) is 94.8 Å². The predicted molar refractivity (Wildman–Crippen MR) is 114 cm³/mol. The molecule has 0 amide bonds. The Labute approximate surface area is 183 Å². The van der Waals surface area contributed by atoms with Crippen LogP contribution in [0.3, 0.4) is 0 Å². The Kier molecular flexibility index (Phi) is 5.99. The second-order valence-corrected chi connectivity index (χ2v) is 7.51. The molecule has 1 heterocycles. The topological polar surface area (TPSA) is 59.4 Å². The van der Waals surface area contributed by atoms with Gasteiger partial charge in [0.25, 0.3) is 0 Å². The number of hydrogen-bond acceptors (Lipinski definition) is 3. The minimum atomic E-state index is -4.49. The minimum Gasteiger partial charge on any atom is -0.488 e. The monoisotopic (exact) mass is 439 g/mol. The van der Waals surface area contributed by atoms with Crippen LogP contribution in [-0.2, 0) is 12.8 Å². The van der Waals surface area contributed by atoms with Gasteiger partial charge in [-0.25, -0.2) is 9.78 Å². The highest BCUT2D eigenvalue weighted by Crippen LogP contribution is 2.44. The maximum atomic E-state index is 13.5. The number of benzene rings is 2. The van der Waals surface area contributed by atoms with Crippen LogP contribution in [0.5, 0.6) is 5.75 Å². The summed E-state index contributed by atoms with van der Waals surface area (Å²) < 4.78 is 46.3. The van der Waals surface area contributed by atoms with E-state index in [1.165, 1.54) is 12.1 Å². The van der Waals surface area contributed by atoms with Crippen molar-refractivity contribution in [3.8, 4) is 5.75 Å². The summed E-state index contributed by atoms with van der Waals surface area (Å²) in [7, 11) is 0. The van der Waals surface area contributed by atoms with Gasteiger partial charge in [0.2, 0.25) is 0 Å². The zero-order valence-electron chi connectivity index (χ0n) is 17.0. The molecule has 0 unspecified atom stereocenters. The lowest BCUT2D eigenvalue weighted by Crippen LogP contribution is -2.07. The van der Waals surface area contributed by atoms with Crippen molar-refractivity contribution in [3.63, 3.8) is 0 Å². The molecule has 32 heavy (non-hydrogen) atoms. The number of alkyl halides is 3. The fourth-order valence-electron chi connectivity index (χ4n) is 3.85. The highest BCUT2D eigenvalue weighted by Gasteiger charge is 2.32. The van der Waals surface area contributed by atoms with Gasteiger partial charge in [0.15, 0.2) is 0 Å². The summed E-state index contributed by atoms with van der Waals surface area (Å²) in [6.07, 6.45) is -2.61. The van der Waals surface area contributed by atoms with Crippen molar-refractivity contribution in [2.75, 3.05) is 0 Å². The fourth-order valence-corrected chi connectivity index (χ4v) is 3.85. The molecular formula is C25H20F3NO3. The Balaban J connectivity index is 1.79. The smallest absolute Gasteiger partial charge is 0.416 e. The molecule has 4 rings (SSSR count). The normalized spacial score (nSPS) is 14.0. The third-order valence-corrected chi connectivity index (χ3v) is 5.36. The van der Waals surface area contributed by atoms with Gasteiger partial charge >= 0.3 is 12.1 Å². The molecule has 2 aromatic carbocycles. The van der Waals surface area contributed by atoms with E-state index in [0.717, 1.165) is 29.7 Å². The number of carbonyl (C=O) groups is 1. The third-order valence-electron chi connectivity index (χ3n) is 5.36. The highest BCUT2D eigenvalue weighted by molar-refractivity contribution is 5.94. The molecule has 0 saturated heterocycles. The molecule has 0 aliphatic heterocycles. The van der Waals surface area contributed by atoms with E-state index in [2.05, 4.69) is 4.98 Å². The molecule has 1 aliphatic carbocycles. The standard InChI is InChI=1S/C25H20F3NO3/c26-25(27,28)17-12-13-23(32-15-16-6-2-1-3-7-16)20(14-17)18-8-4-9-19(18)21-10-5-11-22(29-21)24(30)31/h1-3,5-7,10-14H,4,8-9,15H2,(H,30,31). The van der Waals surface area contributed by atoms with Crippen molar-refractivity contribution in [1.82, 2.24) is 4.98 Å². The van der Waals surface area contributed by atoms with Crippen LogP contribution < -0.4 is 4.74 Å². The quantitative estimate of drug-likeness (QED) is 0.478. The largest absolute Gasteiger partial charge is 0.488 e. The molecule has 1 aromatic heterocycles. The summed E-state index contributed by atoms with van der Waals surface area (Å²) in [5.41, 5.74) is 2.31. The molecule has 3 aromatic rings. The maximum Gasteiger partial charge on any atom is 0.416 e. The summed E-state index contributed by atoms with van der Waals surface area (Å²) in [5.74, 6) is -0.802. The number of hydrogen-bond donors (Lipinski definition) is 1. The van der Waals surface area contributed by atoms with E-state index in [-0.39, 0.29) is 12.3 Å². The van der Waals surface area contributed by atoms with Gasteiger partial charge < -0.3 is 9.84 Å². The van der Waals surface area contributed by atoms with Gasteiger partial charge in [0.1, 0.15) is 18.1 Å². The number of nitrogens with zero attached hydrogens (tertiary/aromatic N) is 1. The molecule has 0 radical (unpaired) electrons. The highest BCUT2D eigenvalue weighted by atomic mass is 19.4. The van der Waals surface area contributed by atoms with Crippen LogP contribution in [0.1, 0.15) is 52.1 Å². The molecule has 1 aliphatic rings. The number of aromatic nitrogens is 1. The van der Waals surface area contributed by atoms with Gasteiger partial charge in [-0.15, -0.1) is 0 Å². The van der Waals surface area contributed by atoms with E-state index in [1.807, 2.05) is 30.3 Å². The number of aromatic carboxylic acids is 1. The van der Waals surface area contributed by atoms with E-state index in [0.29, 0.717) is 35.4 Å². The summed E-state index contributed by atoms with van der Waals surface area (Å²) in [4.78, 5) is 15.5. The lowest BCUT2D eigenvalue weighted by molar-refractivity contribution is -0.137. The van der Waals surface area contributed by atoms with Gasteiger partial charge in [-0.1, -0.05) is 36.4 Å². The first kappa shape index (κ1) is 21.6. The zero-order chi connectivity index (χ0) is 22.7. The van der Waals surface area contributed by atoms with E-state index in [4.69, 9.17) is 4.74 Å². The molecule has 7 heteroatoms. The number of allylic oxidation sites excluding steroid dienone is 2. The van der Waals surface area contributed by atoms with Crippen molar-refractivity contribution in [2.45, 2.75) is 32.0 Å². The number of halogens is 3. The van der Waals surface area contributed by atoms with Gasteiger partial charge in [0.05, 0.1) is 11.3 Å². The first-order valence-corrected chi connectivity index (χ1v) is 10.1. The van der Waals surface area contributed by atoms with Crippen molar-refractivity contribution < 1.29 is 27.8 Å². The zero-order valence-corrected chi connectivity index (χ0v) is 17.0. The van der Waals surface area contributed by atoms with Crippen molar-refractivity contribution in [2.24, 2.45) is 0 Å². The van der Waals surface area contributed by atoms with E-state index < -0.39 is 17.7 Å². The van der Waals surface area contributed by atoms with Crippen LogP contribution in [0.2, 0.25) is 0 Å². The number of carboxylic acid groups (broad SMARTS) is 1. The van der Waals surface area contributed by atoms with Gasteiger partial charge in [-0.3, -0.25) is 0 Å². The van der Waals surface area contributed by atoms with Crippen LogP contribution in [0, 0.1) is 0 Å². The molecule has 4 nitrogen and oxygen atoms in total. The Morgan fingerprint density at radius 3 is 2.44 bits per heavy atom. The van der Waals surface area contributed by atoms with E-state index in [1.54, 1.807) is 12.1 Å². The maximum absolute atomic E-state index is 13.5. The number of carboxylic acids is 1. The molecule has 0 atom stereocenters. The van der Waals surface area contributed by atoms with E-state index >= 15 is 0 Å². The second kappa shape index (κ2) is 8.86. The number of pyridine rings is 1. The average Bonchev–Trinajstić information content (AvgIpc) is 3.27. The van der Waals surface area contributed by atoms with Crippen LogP contribution in [0.25, 0.3) is 11.1 Å². The van der Waals surface area contributed by atoms with Gasteiger partial charge in [-0.2, -0.15) is 13.2 Å². The number of ether oxygens (including phenoxy) is 1. The lowest BCUT2D eigenvalue weighted by atomic mass is 9.97. The molecular weight excluding hydrogens is 419 g/mol. The second-order valence-electron chi connectivity index (χ2n) is 7.51. The molecule has 0 fully saturated rings. The molecule has 0 saturated carbocycles. The lowest BCUT2D eigenvalue weighted by Gasteiger charge is -2.17. The van der Waals surface area contributed by atoms with Crippen LogP contribution >= 0.6 is 0 Å². The van der Waals surface area contributed by atoms with Crippen molar-refractivity contribution in [1.29, 1.82) is 0 Å². The SMILES string of the molecule is O=C(O)c1cccc(C2=C(c3cc(C(F)(F)F)ccc3OCc3ccccc3)CCC2)n1. The van der Waals surface area contributed by atoms with Crippen LogP contribution in [0.15, 0.2) is 66.7 Å².